The fraction of sp³-hybridized carbons (Fsp3) is 0.176. The maximum absolute atomic E-state index is 12.2. The molecule has 6 nitrogen and oxygen atoms in total. The highest BCUT2D eigenvalue weighted by Gasteiger charge is 2.08. The second-order valence-corrected chi connectivity index (χ2v) is 5.41. The minimum atomic E-state index is -0.0335. The topological polar surface area (TPSA) is 72.7 Å². The molecule has 116 valence electrons. The van der Waals surface area contributed by atoms with Crippen LogP contribution in [-0.2, 0) is 11.2 Å². The summed E-state index contributed by atoms with van der Waals surface area (Å²) < 4.78 is 1.59. The molecule has 1 heterocycles. The van der Waals surface area contributed by atoms with Crippen LogP contribution in [0, 0.1) is 13.8 Å². The number of nitrogens with zero attached hydrogens (tertiary/aromatic N) is 4. The summed E-state index contributed by atoms with van der Waals surface area (Å²) in [6, 6.07) is 13.5. The summed E-state index contributed by atoms with van der Waals surface area (Å²) in [7, 11) is 0. The van der Waals surface area contributed by atoms with Gasteiger partial charge < -0.3 is 5.32 Å². The second-order valence-electron chi connectivity index (χ2n) is 5.41. The molecule has 1 amide bonds. The number of hydrogen-bond donors (Lipinski definition) is 1. The lowest BCUT2D eigenvalue weighted by atomic mass is 10.1. The molecule has 3 aromatic rings. The van der Waals surface area contributed by atoms with Gasteiger partial charge in [0.25, 0.3) is 0 Å². The van der Waals surface area contributed by atoms with Gasteiger partial charge in [0.1, 0.15) is 6.33 Å². The molecule has 0 fully saturated rings. The Morgan fingerprint density at radius 3 is 2.65 bits per heavy atom. The number of amides is 1. The van der Waals surface area contributed by atoms with E-state index in [1.54, 1.807) is 11.0 Å². The lowest BCUT2D eigenvalue weighted by Crippen LogP contribution is -2.15. The molecule has 0 aliphatic heterocycles. The fourth-order valence-corrected chi connectivity index (χ4v) is 2.45. The zero-order valence-corrected chi connectivity index (χ0v) is 13.0. The summed E-state index contributed by atoms with van der Waals surface area (Å²) in [5.41, 5.74) is 4.77. The van der Waals surface area contributed by atoms with Crippen molar-refractivity contribution in [3.8, 4) is 5.69 Å². The summed E-state index contributed by atoms with van der Waals surface area (Å²) in [5.74, 6) is -0.0335. The molecule has 0 saturated heterocycles. The molecule has 0 spiro atoms. The standard InChI is InChI=1S/C17H17N5O/c1-12-5-3-4-6-14(12)10-17(23)19-15-7-8-16(13(2)9-15)22-11-18-20-21-22/h3-9,11H,10H2,1-2H3,(H,19,23). The first-order valence-corrected chi connectivity index (χ1v) is 7.32. The van der Waals surface area contributed by atoms with Crippen molar-refractivity contribution in [1.29, 1.82) is 0 Å². The normalized spacial score (nSPS) is 10.5. The summed E-state index contributed by atoms with van der Waals surface area (Å²) >= 11 is 0. The lowest BCUT2D eigenvalue weighted by molar-refractivity contribution is -0.115. The molecule has 0 radical (unpaired) electrons. The van der Waals surface area contributed by atoms with Crippen molar-refractivity contribution >= 4 is 11.6 Å². The third-order valence-electron chi connectivity index (χ3n) is 3.69. The van der Waals surface area contributed by atoms with E-state index in [1.807, 2.05) is 56.3 Å². The molecular formula is C17H17N5O. The average Bonchev–Trinajstić information content (AvgIpc) is 3.04. The first-order chi connectivity index (χ1) is 11.1. The van der Waals surface area contributed by atoms with Gasteiger partial charge in [-0.3, -0.25) is 4.79 Å². The van der Waals surface area contributed by atoms with Crippen LogP contribution in [0.4, 0.5) is 5.69 Å². The van der Waals surface area contributed by atoms with Crippen LogP contribution in [0.15, 0.2) is 48.8 Å². The Morgan fingerprint density at radius 2 is 1.96 bits per heavy atom. The first-order valence-electron chi connectivity index (χ1n) is 7.32. The van der Waals surface area contributed by atoms with Gasteiger partial charge in [0, 0.05) is 5.69 Å². The maximum atomic E-state index is 12.2. The van der Waals surface area contributed by atoms with Crippen LogP contribution in [-0.4, -0.2) is 26.1 Å². The molecule has 0 atom stereocenters. The van der Waals surface area contributed by atoms with E-state index in [4.69, 9.17) is 0 Å². The van der Waals surface area contributed by atoms with Crippen LogP contribution in [0.5, 0.6) is 0 Å². The summed E-state index contributed by atoms with van der Waals surface area (Å²) in [4.78, 5) is 12.2. The monoisotopic (exact) mass is 307 g/mol. The first kappa shape index (κ1) is 14.9. The quantitative estimate of drug-likeness (QED) is 0.803. The van der Waals surface area contributed by atoms with E-state index >= 15 is 0 Å². The fourth-order valence-electron chi connectivity index (χ4n) is 2.45. The highest BCUT2D eigenvalue weighted by Crippen LogP contribution is 2.18. The van der Waals surface area contributed by atoms with Crippen molar-refractivity contribution in [3.05, 3.63) is 65.5 Å². The van der Waals surface area contributed by atoms with E-state index in [0.29, 0.717) is 6.42 Å². The van der Waals surface area contributed by atoms with E-state index in [2.05, 4.69) is 20.8 Å². The van der Waals surface area contributed by atoms with E-state index in [1.165, 1.54) is 0 Å². The minimum absolute atomic E-state index is 0.0335. The van der Waals surface area contributed by atoms with Gasteiger partial charge in [-0.05, 0) is 59.2 Å². The van der Waals surface area contributed by atoms with Gasteiger partial charge in [-0.1, -0.05) is 24.3 Å². The number of hydrogen-bond acceptors (Lipinski definition) is 4. The summed E-state index contributed by atoms with van der Waals surface area (Å²) in [5, 5.41) is 14.1. The number of tetrazole rings is 1. The predicted molar refractivity (Wildman–Crippen MR) is 87.4 cm³/mol. The highest BCUT2D eigenvalue weighted by atomic mass is 16.1. The predicted octanol–water partition coefficient (Wildman–Crippen LogP) is 2.46. The van der Waals surface area contributed by atoms with Gasteiger partial charge in [-0.2, -0.15) is 0 Å². The maximum Gasteiger partial charge on any atom is 0.228 e. The van der Waals surface area contributed by atoms with Gasteiger partial charge in [-0.25, -0.2) is 4.68 Å². The number of carbonyl (C=O) groups is 1. The Hall–Kier alpha value is -3.02. The van der Waals surface area contributed by atoms with Crippen molar-refractivity contribution in [2.45, 2.75) is 20.3 Å². The number of nitrogens with one attached hydrogen (secondary N) is 1. The van der Waals surface area contributed by atoms with Crippen molar-refractivity contribution in [2.24, 2.45) is 0 Å². The lowest BCUT2D eigenvalue weighted by Gasteiger charge is -2.10. The number of benzene rings is 2. The molecule has 6 heteroatoms. The van der Waals surface area contributed by atoms with E-state index in [0.717, 1.165) is 28.1 Å². The molecule has 0 bridgehead atoms. The molecule has 2 aromatic carbocycles. The molecule has 23 heavy (non-hydrogen) atoms. The van der Waals surface area contributed by atoms with Gasteiger partial charge >= 0.3 is 0 Å². The third-order valence-corrected chi connectivity index (χ3v) is 3.69. The van der Waals surface area contributed by atoms with Gasteiger partial charge in [0.2, 0.25) is 5.91 Å². The molecule has 0 unspecified atom stereocenters. The molecule has 0 aliphatic rings. The van der Waals surface area contributed by atoms with Crippen LogP contribution in [0.3, 0.4) is 0 Å². The van der Waals surface area contributed by atoms with Crippen molar-refractivity contribution in [1.82, 2.24) is 20.2 Å². The number of aryl methyl sites for hydroxylation is 2. The zero-order chi connectivity index (χ0) is 16.2. The van der Waals surface area contributed by atoms with E-state index in [-0.39, 0.29) is 5.91 Å². The van der Waals surface area contributed by atoms with Crippen molar-refractivity contribution < 1.29 is 4.79 Å². The summed E-state index contributed by atoms with van der Waals surface area (Å²) in [6.07, 6.45) is 1.90. The van der Waals surface area contributed by atoms with E-state index in [9.17, 15) is 4.79 Å². The Kier molecular flexibility index (Phi) is 4.14. The van der Waals surface area contributed by atoms with Crippen LogP contribution in [0.25, 0.3) is 5.69 Å². The molecular weight excluding hydrogens is 290 g/mol. The molecule has 1 aromatic heterocycles. The number of aromatic nitrogens is 4. The van der Waals surface area contributed by atoms with Crippen LogP contribution in [0.2, 0.25) is 0 Å². The Labute approximate surface area is 134 Å². The Balaban J connectivity index is 1.72. The third kappa shape index (κ3) is 3.42. The molecule has 3 rings (SSSR count). The average molecular weight is 307 g/mol. The molecule has 1 N–H and O–H groups in total. The van der Waals surface area contributed by atoms with Crippen molar-refractivity contribution in [3.63, 3.8) is 0 Å². The van der Waals surface area contributed by atoms with Crippen LogP contribution >= 0.6 is 0 Å². The molecule has 0 saturated carbocycles. The van der Waals surface area contributed by atoms with Crippen LogP contribution < -0.4 is 5.32 Å². The Bertz CT molecular complexity index is 827. The summed E-state index contributed by atoms with van der Waals surface area (Å²) in [6.45, 7) is 3.96. The SMILES string of the molecule is Cc1ccccc1CC(=O)Nc1ccc(-n2cnnn2)c(C)c1. The van der Waals surface area contributed by atoms with Crippen molar-refractivity contribution in [2.75, 3.05) is 5.32 Å². The second kappa shape index (κ2) is 6.39. The van der Waals surface area contributed by atoms with Gasteiger partial charge in [-0.15, -0.1) is 5.10 Å². The largest absolute Gasteiger partial charge is 0.326 e. The molecule has 0 aliphatic carbocycles. The number of anilines is 1. The number of carbonyl (C=O) groups excluding carboxylic acids is 1. The minimum Gasteiger partial charge on any atom is -0.326 e. The number of rotatable bonds is 4. The zero-order valence-electron chi connectivity index (χ0n) is 13.0. The highest BCUT2D eigenvalue weighted by molar-refractivity contribution is 5.92. The van der Waals surface area contributed by atoms with Gasteiger partial charge in [0.15, 0.2) is 0 Å². The smallest absolute Gasteiger partial charge is 0.228 e. The van der Waals surface area contributed by atoms with Gasteiger partial charge in [0.05, 0.1) is 12.1 Å². The van der Waals surface area contributed by atoms with E-state index < -0.39 is 0 Å². The van der Waals surface area contributed by atoms with Crippen LogP contribution in [0.1, 0.15) is 16.7 Å². The Morgan fingerprint density at radius 1 is 1.13 bits per heavy atom.